The van der Waals surface area contributed by atoms with Gasteiger partial charge in [0.25, 0.3) is 0 Å². The second kappa shape index (κ2) is 8.31. The lowest BCUT2D eigenvalue weighted by molar-refractivity contribution is -0.119. The summed E-state index contributed by atoms with van der Waals surface area (Å²) in [6, 6.07) is 14.2. The van der Waals surface area contributed by atoms with Crippen LogP contribution >= 0.6 is 11.6 Å². The molecule has 0 unspecified atom stereocenters. The molecule has 0 spiro atoms. The Labute approximate surface area is 146 Å². The van der Waals surface area contributed by atoms with Gasteiger partial charge in [-0.05, 0) is 42.0 Å². The Balaban J connectivity index is 1.98. The van der Waals surface area contributed by atoms with Crippen molar-refractivity contribution in [3.63, 3.8) is 0 Å². The average Bonchev–Trinajstić information content (AvgIpc) is 2.54. The molecular weight excluding hydrogens is 324 g/mol. The van der Waals surface area contributed by atoms with Gasteiger partial charge in [0.05, 0.1) is 0 Å². The van der Waals surface area contributed by atoms with Crippen LogP contribution in [0.25, 0.3) is 6.08 Å². The van der Waals surface area contributed by atoms with E-state index in [1.807, 2.05) is 26.0 Å². The molecule has 0 saturated carbocycles. The molecule has 0 saturated heterocycles. The van der Waals surface area contributed by atoms with E-state index in [2.05, 4.69) is 10.6 Å². The van der Waals surface area contributed by atoms with Gasteiger partial charge < -0.3 is 10.6 Å². The summed E-state index contributed by atoms with van der Waals surface area (Å²) >= 11 is 5.82. The predicted molar refractivity (Wildman–Crippen MR) is 99.0 cm³/mol. The molecule has 0 radical (unpaired) electrons. The quantitative estimate of drug-likeness (QED) is 0.781. The molecule has 0 aliphatic heterocycles. The number of rotatable bonds is 5. The van der Waals surface area contributed by atoms with E-state index in [0.29, 0.717) is 16.4 Å². The number of hydrogen-bond acceptors (Lipinski definition) is 2. The molecule has 0 bridgehead atoms. The molecule has 2 N–H and O–H groups in total. The minimum Gasteiger partial charge on any atom is -0.326 e. The van der Waals surface area contributed by atoms with Crippen molar-refractivity contribution < 1.29 is 9.59 Å². The fourth-order valence-corrected chi connectivity index (χ4v) is 2.02. The third-order valence-electron chi connectivity index (χ3n) is 3.22. The van der Waals surface area contributed by atoms with E-state index in [1.165, 1.54) is 6.08 Å². The summed E-state index contributed by atoms with van der Waals surface area (Å²) in [4.78, 5) is 23.7. The summed E-state index contributed by atoms with van der Waals surface area (Å²) in [6.07, 6.45) is 3.15. The fraction of sp³-hybridized carbons (Fsp3) is 0.158. The van der Waals surface area contributed by atoms with E-state index >= 15 is 0 Å². The highest BCUT2D eigenvalue weighted by atomic mass is 35.5. The van der Waals surface area contributed by atoms with Gasteiger partial charge in [-0.15, -0.1) is 0 Å². The molecule has 0 aromatic heterocycles. The fourth-order valence-electron chi connectivity index (χ4n) is 1.89. The van der Waals surface area contributed by atoms with E-state index < -0.39 is 0 Å². The second-order valence-electron chi connectivity index (χ2n) is 5.60. The minimum atomic E-state index is -0.253. The van der Waals surface area contributed by atoms with Gasteiger partial charge in [-0.1, -0.05) is 43.6 Å². The lowest BCUT2D eigenvalue weighted by atomic mass is 10.2. The standard InChI is InChI=1S/C19H19ClN2O2/c1-13(2)19(24)22-17-5-3-4-16(12-17)21-18(23)11-8-14-6-9-15(20)10-7-14/h3-13H,1-2H3,(H,21,23)(H,22,24). The van der Waals surface area contributed by atoms with E-state index in [9.17, 15) is 9.59 Å². The van der Waals surface area contributed by atoms with E-state index in [-0.39, 0.29) is 17.7 Å². The summed E-state index contributed by atoms with van der Waals surface area (Å²) in [7, 11) is 0. The lowest BCUT2D eigenvalue weighted by Gasteiger charge is -2.09. The molecule has 0 atom stereocenters. The molecule has 4 nitrogen and oxygen atoms in total. The number of amides is 2. The molecule has 2 aromatic rings. The SMILES string of the molecule is CC(C)C(=O)Nc1cccc(NC(=O)C=Cc2ccc(Cl)cc2)c1. The number of anilines is 2. The largest absolute Gasteiger partial charge is 0.326 e. The Kier molecular flexibility index (Phi) is 6.15. The van der Waals surface area contributed by atoms with Gasteiger partial charge in [0, 0.05) is 28.4 Å². The topological polar surface area (TPSA) is 58.2 Å². The number of carbonyl (C=O) groups excluding carboxylic acids is 2. The first kappa shape index (κ1) is 17.8. The first-order valence-corrected chi connectivity index (χ1v) is 7.97. The smallest absolute Gasteiger partial charge is 0.248 e. The number of benzene rings is 2. The molecule has 124 valence electrons. The predicted octanol–water partition coefficient (Wildman–Crippen LogP) is 4.59. The highest BCUT2D eigenvalue weighted by molar-refractivity contribution is 6.30. The van der Waals surface area contributed by atoms with Crippen LogP contribution in [0.4, 0.5) is 11.4 Å². The Hall–Kier alpha value is -2.59. The first-order valence-electron chi connectivity index (χ1n) is 7.59. The van der Waals surface area contributed by atoms with Gasteiger partial charge in [0.1, 0.15) is 0 Å². The van der Waals surface area contributed by atoms with Crippen molar-refractivity contribution in [2.45, 2.75) is 13.8 Å². The van der Waals surface area contributed by atoms with Crippen molar-refractivity contribution in [1.82, 2.24) is 0 Å². The highest BCUT2D eigenvalue weighted by Crippen LogP contribution is 2.16. The molecule has 0 heterocycles. The van der Waals surface area contributed by atoms with Crippen molar-refractivity contribution in [3.8, 4) is 0 Å². The zero-order valence-electron chi connectivity index (χ0n) is 13.5. The Bertz CT molecular complexity index is 752. The van der Waals surface area contributed by atoms with E-state index in [4.69, 9.17) is 11.6 Å². The number of halogens is 1. The summed E-state index contributed by atoms with van der Waals surface area (Å²) in [5.74, 6) is -0.427. The molecule has 0 fully saturated rings. The van der Waals surface area contributed by atoms with Crippen molar-refractivity contribution >= 4 is 40.9 Å². The molecule has 2 amide bonds. The molecular formula is C19H19ClN2O2. The summed E-state index contributed by atoms with van der Waals surface area (Å²) in [5.41, 5.74) is 2.14. The maximum atomic E-state index is 12.0. The molecule has 24 heavy (non-hydrogen) atoms. The maximum absolute atomic E-state index is 12.0. The normalized spacial score (nSPS) is 10.8. The van der Waals surface area contributed by atoms with Crippen LogP contribution in [0.15, 0.2) is 54.6 Å². The minimum absolute atomic E-state index is 0.0684. The van der Waals surface area contributed by atoms with Crippen molar-refractivity contribution in [2.24, 2.45) is 5.92 Å². The van der Waals surface area contributed by atoms with Crippen LogP contribution in [0.3, 0.4) is 0 Å². The zero-order valence-corrected chi connectivity index (χ0v) is 14.3. The van der Waals surface area contributed by atoms with Crippen LogP contribution in [0.2, 0.25) is 5.02 Å². The number of carbonyl (C=O) groups is 2. The van der Waals surface area contributed by atoms with Crippen LogP contribution in [0.5, 0.6) is 0 Å². The summed E-state index contributed by atoms with van der Waals surface area (Å²) in [6.45, 7) is 3.64. The Morgan fingerprint density at radius 2 is 1.62 bits per heavy atom. The van der Waals surface area contributed by atoms with Gasteiger partial charge in [-0.3, -0.25) is 9.59 Å². The first-order chi connectivity index (χ1) is 11.4. The molecule has 5 heteroatoms. The molecule has 2 rings (SSSR count). The van der Waals surface area contributed by atoms with Gasteiger partial charge in [0.15, 0.2) is 0 Å². The van der Waals surface area contributed by atoms with Gasteiger partial charge in [-0.25, -0.2) is 0 Å². The average molecular weight is 343 g/mol. The molecule has 0 aliphatic carbocycles. The third kappa shape index (κ3) is 5.56. The van der Waals surface area contributed by atoms with Gasteiger partial charge in [-0.2, -0.15) is 0 Å². The van der Waals surface area contributed by atoms with Crippen LogP contribution in [-0.2, 0) is 9.59 Å². The van der Waals surface area contributed by atoms with E-state index in [1.54, 1.807) is 42.5 Å². The van der Waals surface area contributed by atoms with Crippen molar-refractivity contribution in [3.05, 3.63) is 65.2 Å². The van der Waals surface area contributed by atoms with Crippen LogP contribution < -0.4 is 10.6 Å². The Morgan fingerprint density at radius 1 is 1.00 bits per heavy atom. The third-order valence-corrected chi connectivity index (χ3v) is 3.47. The lowest BCUT2D eigenvalue weighted by Crippen LogP contribution is -2.17. The van der Waals surface area contributed by atoms with Crippen LogP contribution in [0.1, 0.15) is 19.4 Å². The van der Waals surface area contributed by atoms with Crippen LogP contribution in [0, 0.1) is 5.92 Å². The van der Waals surface area contributed by atoms with Gasteiger partial charge >= 0.3 is 0 Å². The Morgan fingerprint density at radius 3 is 2.25 bits per heavy atom. The van der Waals surface area contributed by atoms with Gasteiger partial charge in [0.2, 0.25) is 11.8 Å². The highest BCUT2D eigenvalue weighted by Gasteiger charge is 2.07. The second-order valence-corrected chi connectivity index (χ2v) is 6.04. The maximum Gasteiger partial charge on any atom is 0.248 e. The summed E-state index contributed by atoms with van der Waals surface area (Å²) < 4.78 is 0. The summed E-state index contributed by atoms with van der Waals surface area (Å²) in [5, 5.41) is 6.21. The monoisotopic (exact) mass is 342 g/mol. The van der Waals surface area contributed by atoms with E-state index in [0.717, 1.165) is 5.56 Å². The van der Waals surface area contributed by atoms with Crippen molar-refractivity contribution in [2.75, 3.05) is 10.6 Å². The number of hydrogen-bond donors (Lipinski definition) is 2. The van der Waals surface area contributed by atoms with Crippen molar-refractivity contribution in [1.29, 1.82) is 0 Å². The number of nitrogens with one attached hydrogen (secondary N) is 2. The molecule has 0 aliphatic rings. The van der Waals surface area contributed by atoms with Crippen LogP contribution in [-0.4, -0.2) is 11.8 Å². The molecule has 2 aromatic carbocycles. The zero-order chi connectivity index (χ0) is 17.5.